The Kier molecular flexibility index (Phi) is 13.1. The maximum absolute atomic E-state index is 4.22. The van der Waals surface area contributed by atoms with Crippen molar-refractivity contribution in [1.82, 2.24) is 0 Å². The fourth-order valence-electron chi connectivity index (χ4n) is 0.704. The van der Waals surface area contributed by atoms with Crippen molar-refractivity contribution in [2.45, 2.75) is 41.0 Å². The van der Waals surface area contributed by atoms with Crippen molar-refractivity contribution in [3.05, 3.63) is 36.6 Å². The van der Waals surface area contributed by atoms with E-state index in [-0.39, 0.29) is 0 Å². The van der Waals surface area contributed by atoms with Crippen molar-refractivity contribution in [2.75, 3.05) is 0 Å². The second-order valence-electron chi connectivity index (χ2n) is 2.53. The Balaban J connectivity index is 0. The molecular weight excluding hydrogens is 170 g/mol. The van der Waals surface area contributed by atoms with Gasteiger partial charge >= 0.3 is 0 Å². The van der Waals surface area contributed by atoms with E-state index in [0.29, 0.717) is 0 Å². The van der Waals surface area contributed by atoms with Crippen LogP contribution < -0.4 is 0 Å². The number of hydrogen-bond acceptors (Lipinski definition) is 1. The van der Waals surface area contributed by atoms with Crippen LogP contribution in [0.2, 0.25) is 0 Å². The predicted octanol–water partition coefficient (Wildman–Crippen LogP) is 4.53. The molecule has 0 aromatic heterocycles. The molecule has 0 amide bonds. The maximum Gasteiger partial charge on any atom is 0.0366 e. The minimum Gasteiger partial charge on any atom is -0.261 e. The largest absolute Gasteiger partial charge is 0.261 e. The number of nitrogens with zero attached hydrogens (tertiary/aromatic N) is 1. The van der Waals surface area contributed by atoms with E-state index >= 15 is 0 Å². The van der Waals surface area contributed by atoms with Crippen LogP contribution >= 0.6 is 0 Å². The Morgan fingerprint density at radius 2 is 1.93 bits per heavy atom. The monoisotopic (exact) mass is 193 g/mol. The van der Waals surface area contributed by atoms with Gasteiger partial charge in [-0.15, -0.1) is 0 Å². The van der Waals surface area contributed by atoms with Gasteiger partial charge in [0.15, 0.2) is 0 Å². The predicted molar refractivity (Wildman–Crippen MR) is 67.8 cm³/mol. The average Bonchev–Trinajstić information content (AvgIpc) is 2.26. The molecule has 80 valence electrons. The van der Waals surface area contributed by atoms with Crippen LogP contribution in [0.5, 0.6) is 0 Å². The third-order valence-electron chi connectivity index (χ3n) is 1.52. The molecule has 0 saturated carbocycles. The highest BCUT2D eigenvalue weighted by molar-refractivity contribution is 5.92. The number of rotatable bonds is 4. The lowest BCUT2D eigenvalue weighted by atomic mass is 10.2. The summed E-state index contributed by atoms with van der Waals surface area (Å²) in [5.41, 5.74) is 2.18. The van der Waals surface area contributed by atoms with Crippen molar-refractivity contribution in [1.29, 1.82) is 0 Å². The summed E-state index contributed by atoms with van der Waals surface area (Å²) in [4.78, 5) is 4.22. The summed E-state index contributed by atoms with van der Waals surface area (Å²) in [7, 11) is 0. The maximum atomic E-state index is 4.22. The molecule has 0 heterocycles. The molecule has 1 heteroatoms. The van der Waals surface area contributed by atoms with Gasteiger partial charge in [0.1, 0.15) is 0 Å². The molecule has 0 saturated heterocycles. The Morgan fingerprint density at radius 3 is 2.29 bits per heavy atom. The zero-order chi connectivity index (χ0) is 11.4. The average molecular weight is 193 g/mol. The molecular formula is C13H23N. The van der Waals surface area contributed by atoms with E-state index in [4.69, 9.17) is 0 Å². The van der Waals surface area contributed by atoms with Crippen molar-refractivity contribution in [2.24, 2.45) is 4.99 Å². The molecule has 14 heavy (non-hydrogen) atoms. The molecule has 0 aliphatic heterocycles. The summed E-state index contributed by atoms with van der Waals surface area (Å²) in [5, 5.41) is 0. The lowest BCUT2D eigenvalue weighted by Crippen LogP contribution is -1.81. The van der Waals surface area contributed by atoms with E-state index in [1.165, 1.54) is 5.57 Å². The topological polar surface area (TPSA) is 12.4 Å². The number of hydrogen-bond donors (Lipinski definition) is 0. The zero-order valence-corrected chi connectivity index (χ0v) is 10.2. The SMILES string of the molecule is C=CC(C)=N/C=C(\C=C/C)CC.CC. The van der Waals surface area contributed by atoms with Gasteiger partial charge in [0.25, 0.3) is 0 Å². The van der Waals surface area contributed by atoms with Crippen LogP contribution in [0.25, 0.3) is 0 Å². The molecule has 0 spiro atoms. The highest BCUT2D eigenvalue weighted by atomic mass is 14.7. The van der Waals surface area contributed by atoms with Gasteiger partial charge < -0.3 is 0 Å². The van der Waals surface area contributed by atoms with Gasteiger partial charge in [0, 0.05) is 11.9 Å². The molecule has 0 bridgehead atoms. The molecule has 0 fully saturated rings. The van der Waals surface area contributed by atoms with Crippen LogP contribution in [-0.4, -0.2) is 5.71 Å². The van der Waals surface area contributed by atoms with Crippen molar-refractivity contribution >= 4 is 5.71 Å². The number of allylic oxidation sites excluding steroid dienone is 4. The third kappa shape index (κ3) is 8.98. The molecule has 0 radical (unpaired) electrons. The van der Waals surface area contributed by atoms with Crippen LogP contribution in [0.4, 0.5) is 0 Å². The highest BCUT2D eigenvalue weighted by Crippen LogP contribution is 2.02. The molecule has 0 atom stereocenters. The molecule has 0 aliphatic rings. The molecule has 0 rings (SSSR count). The Labute approximate surface area is 89.0 Å². The van der Waals surface area contributed by atoms with Gasteiger partial charge in [-0.1, -0.05) is 39.5 Å². The van der Waals surface area contributed by atoms with E-state index < -0.39 is 0 Å². The van der Waals surface area contributed by atoms with Crippen LogP contribution in [0, 0.1) is 0 Å². The standard InChI is InChI=1S/C11H17N.C2H6/c1-5-8-11(7-3)9-12-10(4)6-2;1-2/h5-6,8-9H,2,7H2,1,3-4H3;1-2H3/b8-5-,11-9-,12-10?;. The molecule has 1 nitrogen and oxygen atoms in total. The first-order valence-corrected chi connectivity index (χ1v) is 5.23. The molecule has 0 N–H and O–H groups in total. The first-order valence-electron chi connectivity index (χ1n) is 5.23. The smallest absolute Gasteiger partial charge is 0.0366 e. The van der Waals surface area contributed by atoms with Crippen molar-refractivity contribution < 1.29 is 0 Å². The van der Waals surface area contributed by atoms with Crippen LogP contribution in [0.15, 0.2) is 41.6 Å². The van der Waals surface area contributed by atoms with Gasteiger partial charge in [0.2, 0.25) is 0 Å². The van der Waals surface area contributed by atoms with Crippen LogP contribution in [-0.2, 0) is 0 Å². The third-order valence-corrected chi connectivity index (χ3v) is 1.52. The Hall–Kier alpha value is -1.11. The van der Waals surface area contributed by atoms with Gasteiger partial charge in [-0.2, -0.15) is 0 Å². The van der Waals surface area contributed by atoms with E-state index in [1.54, 1.807) is 6.08 Å². The van der Waals surface area contributed by atoms with Gasteiger partial charge in [-0.05, 0) is 31.9 Å². The summed E-state index contributed by atoms with van der Waals surface area (Å²) >= 11 is 0. The molecule has 0 unspecified atom stereocenters. The van der Waals surface area contributed by atoms with Gasteiger partial charge in [-0.25, -0.2) is 0 Å². The molecule has 0 aromatic rings. The van der Waals surface area contributed by atoms with Gasteiger partial charge in [0.05, 0.1) is 0 Å². The Bertz CT molecular complexity index is 219. The summed E-state index contributed by atoms with van der Waals surface area (Å²) in [6.07, 6.45) is 8.74. The lowest BCUT2D eigenvalue weighted by molar-refractivity contribution is 1.13. The van der Waals surface area contributed by atoms with E-state index in [9.17, 15) is 0 Å². The van der Waals surface area contributed by atoms with E-state index in [1.807, 2.05) is 40.0 Å². The molecule has 0 aromatic carbocycles. The van der Waals surface area contributed by atoms with E-state index in [2.05, 4.69) is 24.6 Å². The minimum absolute atomic E-state index is 0.949. The Morgan fingerprint density at radius 1 is 1.36 bits per heavy atom. The second-order valence-corrected chi connectivity index (χ2v) is 2.53. The van der Waals surface area contributed by atoms with Crippen molar-refractivity contribution in [3.8, 4) is 0 Å². The first kappa shape index (κ1) is 15.4. The normalized spacial score (nSPS) is 12.4. The fraction of sp³-hybridized carbons (Fsp3) is 0.462. The number of aliphatic imine (C=N–C) groups is 1. The summed E-state index contributed by atoms with van der Waals surface area (Å²) in [6, 6.07) is 0. The minimum atomic E-state index is 0.949. The molecule has 0 aliphatic carbocycles. The van der Waals surface area contributed by atoms with Crippen LogP contribution in [0.3, 0.4) is 0 Å². The fourth-order valence-corrected chi connectivity index (χ4v) is 0.704. The summed E-state index contributed by atoms with van der Waals surface area (Å²) in [6.45, 7) is 13.7. The summed E-state index contributed by atoms with van der Waals surface area (Å²) in [5.74, 6) is 0. The van der Waals surface area contributed by atoms with Crippen molar-refractivity contribution in [3.63, 3.8) is 0 Å². The lowest BCUT2D eigenvalue weighted by Gasteiger charge is -1.93. The van der Waals surface area contributed by atoms with E-state index in [0.717, 1.165) is 12.1 Å². The second kappa shape index (κ2) is 11.9. The summed E-state index contributed by atoms with van der Waals surface area (Å²) < 4.78 is 0. The highest BCUT2D eigenvalue weighted by Gasteiger charge is 1.84. The zero-order valence-electron chi connectivity index (χ0n) is 10.2. The van der Waals surface area contributed by atoms with Crippen LogP contribution in [0.1, 0.15) is 41.0 Å². The first-order chi connectivity index (χ1) is 6.74. The van der Waals surface area contributed by atoms with Gasteiger partial charge in [-0.3, -0.25) is 4.99 Å². The quantitative estimate of drug-likeness (QED) is 0.459.